The Kier molecular flexibility index (Phi) is 5.94. The van der Waals surface area contributed by atoms with E-state index in [1.165, 1.54) is 18.5 Å². The zero-order valence-corrected chi connectivity index (χ0v) is 11.2. The average Bonchev–Trinajstić information content (AvgIpc) is 2.34. The first-order valence-corrected chi connectivity index (χ1v) is 7.25. The van der Waals surface area contributed by atoms with Gasteiger partial charge in [-0.15, -0.1) is 0 Å². The van der Waals surface area contributed by atoms with E-state index in [0.717, 1.165) is 0 Å². The highest BCUT2D eigenvalue weighted by Crippen LogP contribution is 2.07. The van der Waals surface area contributed by atoms with Gasteiger partial charge in [0.05, 0.1) is 17.4 Å². The van der Waals surface area contributed by atoms with Gasteiger partial charge in [-0.05, 0) is 12.5 Å². The molecule has 104 valence electrons. The van der Waals surface area contributed by atoms with Crippen LogP contribution in [0.1, 0.15) is 16.8 Å². The van der Waals surface area contributed by atoms with Gasteiger partial charge in [0.1, 0.15) is 0 Å². The minimum Gasteiger partial charge on any atom is -0.478 e. The molecule has 0 saturated heterocycles. The number of nitrogens with zero attached hydrogens (tertiary/aromatic N) is 1. The molecular formula is C11H15N3O4S. The minimum atomic E-state index is -1.11. The van der Waals surface area contributed by atoms with Crippen LogP contribution in [0.5, 0.6) is 0 Å². The quantitative estimate of drug-likeness (QED) is 0.666. The first-order valence-electron chi connectivity index (χ1n) is 5.52. The number of hydrogen-bond donors (Lipinski definition) is 3. The molecular weight excluding hydrogens is 270 g/mol. The molecule has 1 aromatic rings. The van der Waals surface area contributed by atoms with Gasteiger partial charge in [0.15, 0.2) is 0 Å². The standard InChI is InChI=1S/C11H15N3O4S/c1-19(18)4-2-3-13-11(17)14-9-5-8(10(15)16)6-12-7-9/h5-7H,2-4H2,1H3,(H,15,16)(H2,13,14,17). The molecule has 0 aliphatic carbocycles. The number of urea groups is 1. The molecule has 3 N–H and O–H groups in total. The van der Waals surface area contributed by atoms with Crippen molar-refractivity contribution in [3.05, 3.63) is 24.0 Å². The highest BCUT2D eigenvalue weighted by Gasteiger charge is 2.06. The zero-order valence-electron chi connectivity index (χ0n) is 10.4. The third-order valence-corrected chi connectivity index (χ3v) is 3.00. The fourth-order valence-corrected chi connectivity index (χ4v) is 1.83. The van der Waals surface area contributed by atoms with Crippen molar-refractivity contribution in [1.82, 2.24) is 10.3 Å². The summed E-state index contributed by atoms with van der Waals surface area (Å²) < 4.78 is 10.8. The van der Waals surface area contributed by atoms with Crippen LogP contribution in [0.15, 0.2) is 18.5 Å². The number of aromatic nitrogens is 1. The molecule has 2 amide bonds. The van der Waals surface area contributed by atoms with Crippen molar-refractivity contribution in [3.63, 3.8) is 0 Å². The lowest BCUT2D eigenvalue weighted by Gasteiger charge is -2.07. The van der Waals surface area contributed by atoms with Crippen molar-refractivity contribution in [2.24, 2.45) is 0 Å². The Bertz CT molecular complexity index is 493. The maximum atomic E-state index is 11.5. The highest BCUT2D eigenvalue weighted by molar-refractivity contribution is 7.84. The van der Waals surface area contributed by atoms with E-state index < -0.39 is 22.8 Å². The largest absolute Gasteiger partial charge is 0.478 e. The summed E-state index contributed by atoms with van der Waals surface area (Å²) in [6, 6.07) is 0.863. The fourth-order valence-electron chi connectivity index (χ4n) is 1.28. The second kappa shape index (κ2) is 7.47. The van der Waals surface area contributed by atoms with Crippen molar-refractivity contribution in [1.29, 1.82) is 0 Å². The van der Waals surface area contributed by atoms with Crippen molar-refractivity contribution in [2.75, 3.05) is 23.9 Å². The van der Waals surface area contributed by atoms with Gasteiger partial charge in [-0.3, -0.25) is 9.19 Å². The van der Waals surface area contributed by atoms with E-state index in [2.05, 4.69) is 15.6 Å². The third-order valence-electron chi connectivity index (χ3n) is 2.14. The Morgan fingerprint density at radius 3 is 2.79 bits per heavy atom. The van der Waals surface area contributed by atoms with Crippen LogP contribution in [0.4, 0.5) is 10.5 Å². The Hall–Kier alpha value is -1.96. The van der Waals surface area contributed by atoms with Crippen molar-refractivity contribution in [2.45, 2.75) is 6.42 Å². The summed E-state index contributed by atoms with van der Waals surface area (Å²) in [6.45, 7) is 0.400. The normalized spacial score (nSPS) is 11.6. The summed E-state index contributed by atoms with van der Waals surface area (Å²) in [5, 5.41) is 13.8. The van der Waals surface area contributed by atoms with Crippen LogP contribution in [-0.2, 0) is 10.8 Å². The number of pyridine rings is 1. The van der Waals surface area contributed by atoms with Crippen LogP contribution >= 0.6 is 0 Å². The smallest absolute Gasteiger partial charge is 0.337 e. The number of carboxylic acids is 1. The Morgan fingerprint density at radius 1 is 1.42 bits per heavy atom. The van der Waals surface area contributed by atoms with Gasteiger partial charge in [0.25, 0.3) is 0 Å². The lowest BCUT2D eigenvalue weighted by atomic mass is 10.3. The molecule has 0 bridgehead atoms. The first-order chi connectivity index (χ1) is 8.99. The van der Waals surface area contributed by atoms with E-state index in [1.54, 1.807) is 6.26 Å². The minimum absolute atomic E-state index is 0.000760. The Balaban J connectivity index is 2.42. The predicted molar refractivity (Wildman–Crippen MR) is 71.8 cm³/mol. The lowest BCUT2D eigenvalue weighted by molar-refractivity contribution is 0.0696. The second-order valence-corrected chi connectivity index (χ2v) is 5.33. The lowest BCUT2D eigenvalue weighted by Crippen LogP contribution is -2.30. The molecule has 0 aliphatic rings. The summed E-state index contributed by atoms with van der Waals surface area (Å²) in [6.07, 6.45) is 4.77. The van der Waals surface area contributed by atoms with Crippen LogP contribution in [0, 0.1) is 0 Å². The summed E-state index contributed by atoms with van der Waals surface area (Å²) in [7, 11) is -0.874. The maximum Gasteiger partial charge on any atom is 0.337 e. The van der Waals surface area contributed by atoms with Crippen LogP contribution in [0.2, 0.25) is 0 Å². The molecule has 1 rings (SSSR count). The van der Waals surface area contributed by atoms with Gasteiger partial charge < -0.3 is 15.7 Å². The zero-order chi connectivity index (χ0) is 14.3. The van der Waals surface area contributed by atoms with Crippen LogP contribution in [-0.4, -0.2) is 44.9 Å². The Labute approximate surface area is 112 Å². The maximum absolute atomic E-state index is 11.5. The number of carbonyl (C=O) groups is 2. The summed E-state index contributed by atoms with van der Waals surface area (Å²) in [4.78, 5) is 25.9. The van der Waals surface area contributed by atoms with E-state index in [1.807, 2.05) is 0 Å². The summed E-state index contributed by atoms with van der Waals surface area (Å²) >= 11 is 0. The Morgan fingerprint density at radius 2 is 2.16 bits per heavy atom. The van der Waals surface area contributed by atoms with Crippen LogP contribution < -0.4 is 10.6 Å². The van der Waals surface area contributed by atoms with Crippen molar-refractivity contribution >= 4 is 28.5 Å². The van der Waals surface area contributed by atoms with Crippen LogP contribution in [0.25, 0.3) is 0 Å². The number of anilines is 1. The van der Waals surface area contributed by atoms with Gasteiger partial charge in [-0.25, -0.2) is 9.59 Å². The molecule has 0 spiro atoms. The van der Waals surface area contributed by atoms with Gasteiger partial charge in [-0.2, -0.15) is 0 Å². The highest BCUT2D eigenvalue weighted by atomic mass is 32.2. The first kappa shape index (κ1) is 15.1. The number of rotatable bonds is 6. The molecule has 0 aliphatic heterocycles. The van der Waals surface area contributed by atoms with Gasteiger partial charge in [-0.1, -0.05) is 0 Å². The molecule has 1 atom stereocenters. The topological polar surface area (TPSA) is 108 Å². The molecule has 0 radical (unpaired) electrons. The number of amides is 2. The molecule has 0 aromatic carbocycles. The number of carboxylic acid groups (broad SMARTS) is 1. The SMILES string of the molecule is CS(=O)CCCNC(=O)Nc1cncc(C(=O)O)c1. The van der Waals surface area contributed by atoms with E-state index in [4.69, 9.17) is 5.11 Å². The number of hydrogen-bond acceptors (Lipinski definition) is 4. The predicted octanol–water partition coefficient (Wildman–Crippen LogP) is 0.670. The molecule has 1 aromatic heterocycles. The molecule has 8 heteroatoms. The summed E-state index contributed by atoms with van der Waals surface area (Å²) in [5.41, 5.74) is 0.302. The van der Waals surface area contributed by atoms with E-state index in [0.29, 0.717) is 24.4 Å². The molecule has 7 nitrogen and oxygen atoms in total. The van der Waals surface area contributed by atoms with Crippen molar-refractivity contribution in [3.8, 4) is 0 Å². The van der Waals surface area contributed by atoms with Crippen molar-refractivity contribution < 1.29 is 18.9 Å². The van der Waals surface area contributed by atoms with Gasteiger partial charge in [0.2, 0.25) is 0 Å². The van der Waals surface area contributed by atoms with E-state index in [9.17, 15) is 13.8 Å². The summed E-state index contributed by atoms with van der Waals surface area (Å²) in [5.74, 6) is -0.585. The molecule has 0 fully saturated rings. The number of nitrogens with one attached hydrogen (secondary N) is 2. The van der Waals surface area contributed by atoms with Gasteiger partial charge in [0, 0.05) is 35.5 Å². The number of aromatic carboxylic acids is 1. The molecule has 1 heterocycles. The molecule has 19 heavy (non-hydrogen) atoms. The van der Waals surface area contributed by atoms with Crippen LogP contribution in [0.3, 0.4) is 0 Å². The monoisotopic (exact) mass is 285 g/mol. The number of carbonyl (C=O) groups excluding carboxylic acids is 1. The molecule has 1 unspecified atom stereocenters. The van der Waals surface area contributed by atoms with E-state index >= 15 is 0 Å². The molecule has 0 saturated carbocycles. The van der Waals surface area contributed by atoms with Gasteiger partial charge >= 0.3 is 12.0 Å². The second-order valence-electron chi connectivity index (χ2n) is 3.78. The fraction of sp³-hybridized carbons (Fsp3) is 0.364. The third kappa shape index (κ3) is 5.96. The average molecular weight is 285 g/mol. The van der Waals surface area contributed by atoms with E-state index in [-0.39, 0.29) is 5.56 Å².